The van der Waals surface area contributed by atoms with E-state index in [2.05, 4.69) is 15.1 Å². The minimum atomic E-state index is -0.491. The fraction of sp³-hybridized carbons (Fsp3) is 0.222. The van der Waals surface area contributed by atoms with Gasteiger partial charge in [-0.05, 0) is 31.5 Å². The lowest BCUT2D eigenvalue weighted by Crippen LogP contribution is -2.09. The normalized spacial score (nSPS) is 11.2. The second-order valence-corrected chi connectivity index (χ2v) is 7.18. The number of aryl methyl sites for hydroxylation is 3. The Morgan fingerprint density at radius 2 is 2.15 bits per heavy atom. The molecule has 0 atom stereocenters. The SMILES string of the molecule is Cc1ccc(-c2nc(OCc3cnn(C)c3)nc3sc(C(N)=O)c(C)c23)o1. The molecule has 0 unspecified atom stereocenters. The Kier molecular flexibility index (Phi) is 4.15. The summed E-state index contributed by atoms with van der Waals surface area (Å²) in [6.07, 6.45) is 3.58. The van der Waals surface area contributed by atoms with Gasteiger partial charge in [0.15, 0.2) is 5.76 Å². The monoisotopic (exact) mass is 383 g/mol. The third-order valence-electron chi connectivity index (χ3n) is 4.09. The quantitative estimate of drug-likeness (QED) is 0.567. The molecule has 0 spiro atoms. The van der Waals surface area contributed by atoms with Crippen LogP contribution in [0.5, 0.6) is 6.01 Å². The zero-order valence-electron chi connectivity index (χ0n) is 15.0. The molecule has 0 radical (unpaired) electrons. The Balaban J connectivity index is 1.82. The summed E-state index contributed by atoms with van der Waals surface area (Å²) in [7, 11) is 1.84. The van der Waals surface area contributed by atoms with E-state index in [1.54, 1.807) is 10.9 Å². The van der Waals surface area contributed by atoms with Gasteiger partial charge in [0, 0.05) is 24.2 Å². The number of ether oxygens (including phenoxy) is 1. The summed E-state index contributed by atoms with van der Waals surface area (Å²) in [5, 5.41) is 4.86. The molecule has 4 aromatic rings. The Bertz CT molecular complexity index is 1160. The van der Waals surface area contributed by atoms with E-state index in [0.29, 0.717) is 21.2 Å². The third-order valence-corrected chi connectivity index (χ3v) is 5.29. The van der Waals surface area contributed by atoms with E-state index in [0.717, 1.165) is 22.3 Å². The Morgan fingerprint density at radius 3 is 2.78 bits per heavy atom. The molecule has 4 aromatic heterocycles. The highest BCUT2D eigenvalue weighted by Crippen LogP contribution is 2.37. The molecule has 0 fully saturated rings. The van der Waals surface area contributed by atoms with E-state index in [9.17, 15) is 4.79 Å². The maximum Gasteiger partial charge on any atom is 0.318 e. The molecule has 8 nitrogen and oxygen atoms in total. The summed E-state index contributed by atoms with van der Waals surface area (Å²) < 4.78 is 13.2. The molecule has 138 valence electrons. The highest BCUT2D eigenvalue weighted by molar-refractivity contribution is 7.20. The van der Waals surface area contributed by atoms with Gasteiger partial charge in [-0.15, -0.1) is 11.3 Å². The average molecular weight is 383 g/mol. The topological polar surface area (TPSA) is 109 Å². The van der Waals surface area contributed by atoms with Crippen molar-refractivity contribution < 1.29 is 13.9 Å². The van der Waals surface area contributed by atoms with Gasteiger partial charge in [-0.25, -0.2) is 0 Å². The van der Waals surface area contributed by atoms with E-state index in [1.165, 1.54) is 11.3 Å². The number of furan rings is 1. The number of carbonyl (C=O) groups is 1. The van der Waals surface area contributed by atoms with E-state index in [-0.39, 0.29) is 12.6 Å². The Morgan fingerprint density at radius 1 is 1.33 bits per heavy atom. The lowest BCUT2D eigenvalue weighted by molar-refractivity contribution is 0.100. The number of aromatic nitrogens is 4. The number of nitrogens with zero attached hydrogens (tertiary/aromatic N) is 4. The molecule has 27 heavy (non-hydrogen) atoms. The Hall–Kier alpha value is -3.20. The van der Waals surface area contributed by atoms with Crippen LogP contribution < -0.4 is 10.5 Å². The summed E-state index contributed by atoms with van der Waals surface area (Å²) in [4.78, 5) is 21.8. The van der Waals surface area contributed by atoms with Crippen molar-refractivity contribution in [1.29, 1.82) is 0 Å². The van der Waals surface area contributed by atoms with Crippen LogP contribution >= 0.6 is 11.3 Å². The second kappa shape index (κ2) is 6.51. The van der Waals surface area contributed by atoms with Gasteiger partial charge in [-0.2, -0.15) is 15.1 Å². The van der Waals surface area contributed by atoms with Gasteiger partial charge < -0.3 is 14.9 Å². The van der Waals surface area contributed by atoms with Gasteiger partial charge in [-0.3, -0.25) is 9.48 Å². The van der Waals surface area contributed by atoms with Crippen molar-refractivity contribution >= 4 is 27.5 Å². The summed E-state index contributed by atoms with van der Waals surface area (Å²) in [5.41, 5.74) is 7.73. The van der Waals surface area contributed by atoms with Crippen LogP contribution in [-0.2, 0) is 13.7 Å². The van der Waals surface area contributed by atoms with Gasteiger partial charge in [-0.1, -0.05) is 0 Å². The smallest absolute Gasteiger partial charge is 0.318 e. The van der Waals surface area contributed by atoms with Crippen LogP contribution in [0.3, 0.4) is 0 Å². The average Bonchev–Trinajstić information content (AvgIpc) is 3.32. The van der Waals surface area contributed by atoms with Crippen LogP contribution in [0.2, 0.25) is 0 Å². The van der Waals surface area contributed by atoms with Crippen molar-refractivity contribution in [2.24, 2.45) is 12.8 Å². The molecule has 2 N–H and O–H groups in total. The molecule has 0 saturated carbocycles. The first kappa shape index (κ1) is 17.2. The number of fused-ring (bicyclic) bond motifs is 1. The lowest BCUT2D eigenvalue weighted by atomic mass is 10.1. The molecule has 1 amide bonds. The van der Waals surface area contributed by atoms with Crippen LogP contribution in [0, 0.1) is 13.8 Å². The standard InChI is InChI=1S/C18H17N5O3S/c1-9-4-5-12(26-9)14-13-10(2)15(16(19)24)27-17(13)22-18(21-14)25-8-11-6-20-23(3)7-11/h4-7H,8H2,1-3H3,(H2,19,24). The number of amides is 1. The summed E-state index contributed by atoms with van der Waals surface area (Å²) in [6.45, 7) is 3.97. The molecule has 0 aliphatic rings. The van der Waals surface area contributed by atoms with Crippen LogP contribution in [0.15, 0.2) is 28.9 Å². The first-order chi connectivity index (χ1) is 12.9. The molecule has 9 heteroatoms. The summed E-state index contributed by atoms with van der Waals surface area (Å²) in [5.74, 6) is 0.857. The highest BCUT2D eigenvalue weighted by Gasteiger charge is 2.22. The maximum absolute atomic E-state index is 11.8. The number of nitrogens with two attached hydrogens (primary N) is 1. The van der Waals surface area contributed by atoms with Crippen molar-refractivity contribution in [3.63, 3.8) is 0 Å². The van der Waals surface area contributed by atoms with Crippen LogP contribution in [-0.4, -0.2) is 25.7 Å². The van der Waals surface area contributed by atoms with Crippen molar-refractivity contribution in [2.45, 2.75) is 20.5 Å². The number of thiophene rings is 1. The zero-order valence-corrected chi connectivity index (χ0v) is 15.8. The second-order valence-electron chi connectivity index (χ2n) is 6.18. The molecule has 0 aromatic carbocycles. The van der Waals surface area contributed by atoms with Gasteiger partial charge >= 0.3 is 6.01 Å². The first-order valence-electron chi connectivity index (χ1n) is 8.20. The van der Waals surface area contributed by atoms with E-state index in [1.807, 2.05) is 39.2 Å². The summed E-state index contributed by atoms with van der Waals surface area (Å²) >= 11 is 1.22. The number of rotatable bonds is 5. The molecule has 0 saturated heterocycles. The van der Waals surface area contributed by atoms with E-state index < -0.39 is 5.91 Å². The largest absolute Gasteiger partial charge is 0.460 e. The highest BCUT2D eigenvalue weighted by atomic mass is 32.1. The molecule has 4 rings (SSSR count). The van der Waals surface area contributed by atoms with Crippen molar-refractivity contribution in [3.8, 4) is 17.5 Å². The molecule has 0 aliphatic carbocycles. The van der Waals surface area contributed by atoms with E-state index in [4.69, 9.17) is 14.9 Å². The van der Waals surface area contributed by atoms with E-state index >= 15 is 0 Å². The van der Waals surface area contributed by atoms with Gasteiger partial charge in [0.25, 0.3) is 5.91 Å². The van der Waals surface area contributed by atoms with Gasteiger partial charge in [0.1, 0.15) is 22.9 Å². The zero-order chi connectivity index (χ0) is 19.1. The van der Waals surface area contributed by atoms with Crippen molar-refractivity contribution in [1.82, 2.24) is 19.7 Å². The molecular formula is C18H17N5O3S. The fourth-order valence-corrected chi connectivity index (χ4v) is 3.88. The third kappa shape index (κ3) is 3.17. The van der Waals surface area contributed by atoms with Crippen LogP contribution in [0.4, 0.5) is 0 Å². The molecular weight excluding hydrogens is 366 g/mol. The molecule has 0 bridgehead atoms. The molecule has 0 aliphatic heterocycles. The number of hydrogen-bond donors (Lipinski definition) is 1. The van der Waals surface area contributed by atoms with Crippen LogP contribution in [0.25, 0.3) is 21.7 Å². The van der Waals surface area contributed by atoms with Crippen molar-refractivity contribution in [2.75, 3.05) is 0 Å². The van der Waals surface area contributed by atoms with Gasteiger partial charge in [0.05, 0.1) is 11.1 Å². The predicted molar refractivity (Wildman–Crippen MR) is 101 cm³/mol. The number of primary amides is 1. The summed E-state index contributed by atoms with van der Waals surface area (Å²) in [6, 6.07) is 3.90. The first-order valence-corrected chi connectivity index (χ1v) is 9.02. The fourth-order valence-electron chi connectivity index (χ4n) is 2.85. The number of carbonyl (C=O) groups excluding carboxylic acids is 1. The number of hydrogen-bond acceptors (Lipinski definition) is 7. The minimum Gasteiger partial charge on any atom is -0.460 e. The molecule has 4 heterocycles. The lowest BCUT2D eigenvalue weighted by Gasteiger charge is -2.06. The predicted octanol–water partition coefficient (Wildman–Crippen LogP) is 2.98. The Labute approximate surface area is 158 Å². The minimum absolute atomic E-state index is 0.202. The van der Waals surface area contributed by atoms with Crippen molar-refractivity contribution in [3.05, 3.63) is 46.3 Å². The van der Waals surface area contributed by atoms with Gasteiger partial charge in [0.2, 0.25) is 0 Å². The van der Waals surface area contributed by atoms with Crippen LogP contribution in [0.1, 0.15) is 26.6 Å². The maximum atomic E-state index is 11.8.